The number of ether oxygens (including phenoxy) is 1. The van der Waals surface area contributed by atoms with E-state index in [1.165, 1.54) is 26.0 Å². The molecule has 0 bridgehead atoms. The van der Waals surface area contributed by atoms with E-state index >= 15 is 0 Å². The van der Waals surface area contributed by atoms with Crippen LogP contribution in [0.25, 0.3) is 0 Å². The molecule has 0 spiro atoms. The van der Waals surface area contributed by atoms with E-state index < -0.39 is 30.3 Å². The third-order valence-corrected chi connectivity index (χ3v) is 2.82. The smallest absolute Gasteiger partial charge is 0.416 e. The van der Waals surface area contributed by atoms with Crippen LogP contribution in [0.3, 0.4) is 0 Å². The quantitative estimate of drug-likeness (QED) is 0.874. The lowest BCUT2D eigenvalue weighted by Gasteiger charge is -2.26. The number of rotatable bonds is 5. The maximum absolute atomic E-state index is 12.1. The van der Waals surface area contributed by atoms with Gasteiger partial charge in [-0.3, -0.25) is 4.79 Å². The molecule has 0 fully saturated rings. The van der Waals surface area contributed by atoms with Crippen LogP contribution in [0, 0.1) is 0 Å². The zero-order valence-corrected chi connectivity index (χ0v) is 12.1. The Balaban J connectivity index is 2.61. The van der Waals surface area contributed by atoms with Crippen molar-refractivity contribution >= 4 is 17.5 Å². The molecule has 1 aromatic carbocycles. The van der Waals surface area contributed by atoms with Gasteiger partial charge in [-0.2, -0.15) is 13.2 Å². The van der Waals surface area contributed by atoms with Gasteiger partial charge in [-0.25, -0.2) is 0 Å². The van der Waals surface area contributed by atoms with Crippen molar-refractivity contribution in [1.29, 1.82) is 0 Å². The second-order valence-electron chi connectivity index (χ2n) is 4.83. The summed E-state index contributed by atoms with van der Waals surface area (Å²) < 4.78 is 41.8. The average molecular weight is 326 g/mol. The van der Waals surface area contributed by atoms with Crippen molar-refractivity contribution < 1.29 is 27.8 Å². The zero-order valence-electron chi connectivity index (χ0n) is 11.4. The summed E-state index contributed by atoms with van der Waals surface area (Å²) in [5.74, 6) is -0.434. The SMILES string of the molecule is CC(C)(Oc1ccc(Cl)cc1)C(=O)NCC(O)C(F)(F)F. The van der Waals surface area contributed by atoms with Crippen LogP contribution >= 0.6 is 11.6 Å². The molecule has 21 heavy (non-hydrogen) atoms. The van der Waals surface area contributed by atoms with Gasteiger partial charge in [0.25, 0.3) is 5.91 Å². The number of hydrogen-bond donors (Lipinski definition) is 2. The summed E-state index contributed by atoms with van der Waals surface area (Å²) in [6.07, 6.45) is -7.40. The summed E-state index contributed by atoms with van der Waals surface area (Å²) >= 11 is 5.70. The van der Waals surface area contributed by atoms with Crippen LogP contribution in [0.1, 0.15) is 13.8 Å². The molecule has 0 aliphatic rings. The fraction of sp³-hybridized carbons (Fsp3) is 0.462. The third kappa shape index (κ3) is 5.43. The first-order valence-corrected chi connectivity index (χ1v) is 6.38. The molecule has 0 aliphatic carbocycles. The molecule has 4 nitrogen and oxygen atoms in total. The first kappa shape index (κ1) is 17.6. The van der Waals surface area contributed by atoms with Gasteiger partial charge in [-0.1, -0.05) is 11.6 Å². The molecule has 2 N–H and O–H groups in total. The predicted molar refractivity (Wildman–Crippen MR) is 71.2 cm³/mol. The zero-order chi connectivity index (χ0) is 16.3. The highest BCUT2D eigenvalue weighted by atomic mass is 35.5. The van der Waals surface area contributed by atoms with Gasteiger partial charge in [-0.05, 0) is 38.1 Å². The predicted octanol–water partition coefficient (Wildman–Crippen LogP) is 2.54. The van der Waals surface area contributed by atoms with Gasteiger partial charge >= 0.3 is 6.18 Å². The van der Waals surface area contributed by atoms with Gasteiger partial charge in [0.2, 0.25) is 0 Å². The molecule has 1 rings (SSSR count). The lowest BCUT2D eigenvalue weighted by Crippen LogP contribution is -2.50. The number of nitrogens with one attached hydrogen (secondary N) is 1. The van der Waals surface area contributed by atoms with E-state index in [-0.39, 0.29) is 0 Å². The average Bonchev–Trinajstić information content (AvgIpc) is 2.36. The molecule has 0 radical (unpaired) electrons. The summed E-state index contributed by atoms with van der Waals surface area (Å²) in [4.78, 5) is 11.8. The summed E-state index contributed by atoms with van der Waals surface area (Å²) in [5, 5.41) is 11.3. The van der Waals surface area contributed by atoms with Crippen LogP contribution < -0.4 is 10.1 Å². The molecule has 118 valence electrons. The van der Waals surface area contributed by atoms with Crippen LogP contribution in [0.2, 0.25) is 5.02 Å². The van der Waals surface area contributed by atoms with Crippen molar-refractivity contribution in [2.45, 2.75) is 31.7 Å². The first-order chi connectivity index (χ1) is 9.52. The van der Waals surface area contributed by atoms with Crippen LogP contribution in [-0.4, -0.2) is 35.4 Å². The van der Waals surface area contributed by atoms with Gasteiger partial charge in [0, 0.05) is 5.02 Å². The summed E-state index contributed by atoms with van der Waals surface area (Å²) in [6.45, 7) is 1.86. The summed E-state index contributed by atoms with van der Waals surface area (Å²) in [6, 6.07) is 6.17. The van der Waals surface area contributed by atoms with Crippen LogP contribution in [-0.2, 0) is 4.79 Å². The van der Waals surface area contributed by atoms with Crippen LogP contribution in [0.15, 0.2) is 24.3 Å². The fourth-order valence-electron chi connectivity index (χ4n) is 1.36. The second kappa shape index (κ2) is 6.53. The minimum Gasteiger partial charge on any atom is -0.478 e. The molecule has 1 amide bonds. The van der Waals surface area contributed by atoms with Crippen molar-refractivity contribution in [2.75, 3.05) is 6.54 Å². The normalized spacial score (nSPS) is 13.7. The fourth-order valence-corrected chi connectivity index (χ4v) is 1.49. The Morgan fingerprint density at radius 1 is 1.33 bits per heavy atom. The Bertz CT molecular complexity index is 488. The minimum atomic E-state index is -4.78. The molecule has 0 heterocycles. The molecule has 8 heteroatoms. The Morgan fingerprint density at radius 2 is 1.86 bits per heavy atom. The Morgan fingerprint density at radius 3 is 2.33 bits per heavy atom. The highest BCUT2D eigenvalue weighted by Crippen LogP contribution is 2.22. The van der Waals surface area contributed by atoms with Gasteiger partial charge in [-0.15, -0.1) is 0 Å². The number of aliphatic hydroxyl groups excluding tert-OH is 1. The summed E-state index contributed by atoms with van der Waals surface area (Å²) in [7, 11) is 0. The topological polar surface area (TPSA) is 58.6 Å². The van der Waals surface area contributed by atoms with Gasteiger partial charge in [0.15, 0.2) is 11.7 Å². The number of amides is 1. The standard InChI is InChI=1S/C13H15ClF3NO3/c1-12(2,21-9-5-3-8(14)4-6-9)11(20)18-7-10(19)13(15,16)17/h3-6,10,19H,7H2,1-2H3,(H,18,20). The molecule has 0 saturated carbocycles. The second-order valence-corrected chi connectivity index (χ2v) is 5.27. The number of aliphatic hydroxyl groups is 1. The van der Waals surface area contributed by atoms with Crippen molar-refractivity contribution in [1.82, 2.24) is 5.32 Å². The van der Waals surface area contributed by atoms with Crippen molar-refractivity contribution in [3.05, 3.63) is 29.3 Å². The number of benzene rings is 1. The Hall–Kier alpha value is -1.47. The van der Waals surface area contributed by atoms with E-state index in [0.717, 1.165) is 0 Å². The third-order valence-electron chi connectivity index (χ3n) is 2.57. The van der Waals surface area contributed by atoms with E-state index in [9.17, 15) is 18.0 Å². The number of halogens is 4. The largest absolute Gasteiger partial charge is 0.478 e. The maximum Gasteiger partial charge on any atom is 0.416 e. The monoisotopic (exact) mass is 325 g/mol. The van der Waals surface area contributed by atoms with Gasteiger partial charge in [0.1, 0.15) is 5.75 Å². The Kier molecular flexibility index (Phi) is 5.47. The van der Waals surface area contributed by atoms with E-state index in [4.69, 9.17) is 21.4 Å². The van der Waals surface area contributed by atoms with E-state index in [1.807, 2.05) is 5.32 Å². The van der Waals surface area contributed by atoms with Crippen molar-refractivity contribution in [2.24, 2.45) is 0 Å². The molecule has 0 aliphatic heterocycles. The molecule has 1 aromatic rings. The minimum absolute atomic E-state index is 0.343. The first-order valence-electron chi connectivity index (χ1n) is 6.00. The maximum atomic E-state index is 12.1. The number of alkyl halides is 3. The molecular formula is C13H15ClF3NO3. The highest BCUT2D eigenvalue weighted by molar-refractivity contribution is 6.30. The number of carbonyl (C=O) groups excluding carboxylic acids is 1. The molecular weight excluding hydrogens is 311 g/mol. The molecule has 0 aromatic heterocycles. The molecule has 1 atom stereocenters. The van der Waals surface area contributed by atoms with Crippen molar-refractivity contribution in [3.63, 3.8) is 0 Å². The lowest BCUT2D eigenvalue weighted by atomic mass is 10.1. The van der Waals surface area contributed by atoms with Crippen molar-refractivity contribution in [3.8, 4) is 5.75 Å². The van der Waals surface area contributed by atoms with Crippen LogP contribution in [0.4, 0.5) is 13.2 Å². The Labute approximate surface area is 124 Å². The lowest BCUT2D eigenvalue weighted by molar-refractivity contribution is -0.202. The molecule has 1 unspecified atom stereocenters. The number of carbonyl (C=O) groups is 1. The summed E-state index contributed by atoms with van der Waals surface area (Å²) in [5.41, 5.74) is -1.40. The highest BCUT2D eigenvalue weighted by Gasteiger charge is 2.39. The van der Waals surface area contributed by atoms with Gasteiger partial charge in [0.05, 0.1) is 6.54 Å². The van der Waals surface area contributed by atoms with Crippen LogP contribution in [0.5, 0.6) is 5.75 Å². The van der Waals surface area contributed by atoms with E-state index in [2.05, 4.69) is 0 Å². The van der Waals surface area contributed by atoms with E-state index in [0.29, 0.717) is 10.8 Å². The molecule has 0 saturated heterocycles. The van der Waals surface area contributed by atoms with E-state index in [1.54, 1.807) is 12.1 Å². The number of hydrogen-bond acceptors (Lipinski definition) is 3. The van der Waals surface area contributed by atoms with Gasteiger partial charge < -0.3 is 15.2 Å².